The molecule has 1 N–H and O–H groups in total. The van der Waals surface area contributed by atoms with Crippen molar-refractivity contribution in [2.24, 2.45) is 0 Å². The number of sulfonamides is 1. The Hall–Kier alpha value is -0.430. The number of thiophene rings is 1. The second-order valence-electron chi connectivity index (χ2n) is 6.04. The van der Waals surface area contributed by atoms with Crippen LogP contribution in [-0.4, -0.2) is 38.4 Å². The van der Waals surface area contributed by atoms with Crippen molar-refractivity contribution in [3.63, 3.8) is 0 Å². The van der Waals surface area contributed by atoms with Crippen LogP contribution in [0.2, 0.25) is 0 Å². The third-order valence-electron chi connectivity index (χ3n) is 4.03. The second-order valence-corrected chi connectivity index (χ2v) is 9.43. The molecule has 1 fully saturated rings. The van der Waals surface area contributed by atoms with E-state index in [-0.39, 0.29) is 6.04 Å². The summed E-state index contributed by atoms with van der Waals surface area (Å²) in [7, 11) is -1.58. The van der Waals surface area contributed by atoms with E-state index >= 15 is 0 Å². The van der Waals surface area contributed by atoms with Crippen LogP contribution in [0, 0.1) is 0 Å². The third kappa shape index (κ3) is 4.28. The molecule has 4 nitrogen and oxygen atoms in total. The van der Waals surface area contributed by atoms with Gasteiger partial charge in [-0.1, -0.05) is 26.7 Å². The van der Waals surface area contributed by atoms with Crippen molar-refractivity contribution in [2.75, 3.05) is 13.6 Å². The highest BCUT2D eigenvalue weighted by Gasteiger charge is 2.30. The van der Waals surface area contributed by atoms with Crippen molar-refractivity contribution >= 4 is 21.4 Å². The Morgan fingerprint density at radius 1 is 1.33 bits per heavy atom. The molecule has 1 aromatic rings. The normalized spacial score (nSPS) is 17.2. The van der Waals surface area contributed by atoms with Crippen molar-refractivity contribution in [3.8, 4) is 0 Å². The van der Waals surface area contributed by atoms with E-state index in [1.807, 2.05) is 6.07 Å². The van der Waals surface area contributed by atoms with Gasteiger partial charge in [0.1, 0.15) is 4.21 Å². The predicted molar refractivity (Wildman–Crippen MR) is 88.4 cm³/mol. The van der Waals surface area contributed by atoms with Crippen molar-refractivity contribution < 1.29 is 8.42 Å². The average molecular weight is 331 g/mol. The van der Waals surface area contributed by atoms with Gasteiger partial charge in [0.05, 0.1) is 0 Å². The molecule has 1 heterocycles. The molecule has 1 aromatic heterocycles. The number of hydrogen-bond acceptors (Lipinski definition) is 4. The van der Waals surface area contributed by atoms with Crippen LogP contribution in [0.15, 0.2) is 16.3 Å². The fourth-order valence-electron chi connectivity index (χ4n) is 2.72. The molecule has 0 atom stereocenters. The first-order valence-corrected chi connectivity index (χ1v) is 9.97. The van der Waals surface area contributed by atoms with Crippen molar-refractivity contribution in [1.82, 2.24) is 9.62 Å². The summed E-state index contributed by atoms with van der Waals surface area (Å²) in [6, 6.07) is 4.35. The largest absolute Gasteiger partial charge is 0.314 e. The number of hydrogen-bond donors (Lipinski definition) is 1. The lowest BCUT2D eigenvalue weighted by molar-refractivity contribution is 0.374. The maximum absolute atomic E-state index is 12.6. The monoisotopic (exact) mass is 330 g/mol. The molecule has 6 heteroatoms. The maximum atomic E-state index is 12.6. The van der Waals surface area contributed by atoms with Gasteiger partial charge in [-0.05, 0) is 31.4 Å². The van der Waals surface area contributed by atoms with E-state index in [1.54, 1.807) is 17.4 Å². The van der Waals surface area contributed by atoms with Crippen LogP contribution >= 0.6 is 11.3 Å². The topological polar surface area (TPSA) is 49.4 Å². The molecule has 1 saturated carbocycles. The van der Waals surface area contributed by atoms with Crippen molar-refractivity contribution in [2.45, 2.75) is 62.2 Å². The number of nitrogens with one attached hydrogen (secondary N) is 1. The van der Waals surface area contributed by atoms with Gasteiger partial charge in [0.2, 0.25) is 0 Å². The molecule has 0 aromatic carbocycles. The minimum Gasteiger partial charge on any atom is -0.314 e. The molecule has 1 aliphatic carbocycles. The highest BCUT2D eigenvalue weighted by molar-refractivity contribution is 7.91. The molecule has 0 saturated heterocycles. The smallest absolute Gasteiger partial charge is 0.252 e. The van der Waals surface area contributed by atoms with E-state index in [9.17, 15) is 8.42 Å². The van der Waals surface area contributed by atoms with Gasteiger partial charge in [0.15, 0.2) is 0 Å². The standard InChI is InChI=1S/C15H26N2O2S2/c1-12(2)16-11-10-14-8-9-15(20-14)21(18,19)17(3)13-6-4-5-7-13/h8-9,12-13,16H,4-7,10-11H2,1-3H3. The lowest BCUT2D eigenvalue weighted by atomic mass is 10.3. The Balaban J connectivity index is 2.01. The van der Waals surface area contributed by atoms with E-state index in [2.05, 4.69) is 19.2 Å². The Labute approximate surface area is 132 Å². The molecular formula is C15H26N2O2S2. The predicted octanol–water partition coefficient (Wildman–Crippen LogP) is 2.85. The van der Waals surface area contributed by atoms with E-state index < -0.39 is 10.0 Å². The zero-order valence-corrected chi connectivity index (χ0v) is 14.8. The van der Waals surface area contributed by atoms with Gasteiger partial charge in [-0.15, -0.1) is 11.3 Å². The first kappa shape index (κ1) is 16.9. The summed E-state index contributed by atoms with van der Waals surface area (Å²) < 4.78 is 27.3. The van der Waals surface area contributed by atoms with Crippen LogP contribution < -0.4 is 5.32 Å². The van der Waals surface area contributed by atoms with Gasteiger partial charge >= 0.3 is 0 Å². The van der Waals surface area contributed by atoms with Crippen LogP contribution in [0.25, 0.3) is 0 Å². The summed E-state index contributed by atoms with van der Waals surface area (Å²) in [5, 5.41) is 3.36. The van der Waals surface area contributed by atoms with Gasteiger partial charge in [-0.25, -0.2) is 8.42 Å². The van der Waals surface area contributed by atoms with Crippen LogP contribution in [0.5, 0.6) is 0 Å². The van der Waals surface area contributed by atoms with E-state index in [0.717, 1.165) is 43.5 Å². The summed E-state index contributed by atoms with van der Waals surface area (Å²) in [4.78, 5) is 1.13. The summed E-state index contributed by atoms with van der Waals surface area (Å²) >= 11 is 1.41. The Kier molecular flexibility index (Phi) is 5.82. The number of nitrogens with zero attached hydrogens (tertiary/aromatic N) is 1. The molecular weight excluding hydrogens is 304 g/mol. The van der Waals surface area contributed by atoms with E-state index in [4.69, 9.17) is 0 Å². The van der Waals surface area contributed by atoms with Gasteiger partial charge in [0.25, 0.3) is 10.0 Å². The molecule has 120 valence electrons. The molecule has 0 radical (unpaired) electrons. The minimum atomic E-state index is -3.31. The van der Waals surface area contributed by atoms with Gasteiger partial charge in [-0.3, -0.25) is 0 Å². The maximum Gasteiger partial charge on any atom is 0.252 e. The van der Waals surface area contributed by atoms with E-state index in [0.29, 0.717) is 10.3 Å². The summed E-state index contributed by atoms with van der Waals surface area (Å²) in [5.74, 6) is 0. The Morgan fingerprint density at radius 3 is 2.62 bits per heavy atom. The molecule has 0 aliphatic heterocycles. The van der Waals surface area contributed by atoms with Crippen molar-refractivity contribution in [3.05, 3.63) is 17.0 Å². The zero-order chi connectivity index (χ0) is 15.5. The fourth-order valence-corrected chi connectivity index (χ4v) is 5.68. The highest BCUT2D eigenvalue weighted by atomic mass is 32.2. The highest BCUT2D eigenvalue weighted by Crippen LogP contribution is 2.30. The third-order valence-corrected chi connectivity index (χ3v) is 7.56. The first-order chi connectivity index (χ1) is 9.91. The molecule has 0 bridgehead atoms. The Morgan fingerprint density at radius 2 is 2.00 bits per heavy atom. The van der Waals surface area contributed by atoms with Crippen LogP contribution in [0.4, 0.5) is 0 Å². The van der Waals surface area contributed by atoms with Gasteiger partial charge in [0, 0.05) is 30.6 Å². The molecule has 1 aliphatic rings. The van der Waals surface area contributed by atoms with E-state index in [1.165, 1.54) is 11.3 Å². The van der Waals surface area contributed by atoms with Crippen LogP contribution in [-0.2, 0) is 16.4 Å². The second kappa shape index (κ2) is 7.22. The average Bonchev–Trinajstić information content (AvgIpc) is 3.08. The van der Waals surface area contributed by atoms with Crippen molar-refractivity contribution in [1.29, 1.82) is 0 Å². The van der Waals surface area contributed by atoms with Crippen LogP contribution in [0.3, 0.4) is 0 Å². The minimum absolute atomic E-state index is 0.183. The lowest BCUT2D eigenvalue weighted by Gasteiger charge is -2.22. The zero-order valence-electron chi connectivity index (χ0n) is 13.1. The summed E-state index contributed by atoms with van der Waals surface area (Å²) in [6.07, 6.45) is 5.15. The molecule has 0 amide bonds. The fraction of sp³-hybridized carbons (Fsp3) is 0.733. The molecule has 0 spiro atoms. The summed E-state index contributed by atoms with van der Waals surface area (Å²) in [6.45, 7) is 5.11. The lowest BCUT2D eigenvalue weighted by Crippen LogP contribution is -2.34. The molecule has 0 unspecified atom stereocenters. The quantitative estimate of drug-likeness (QED) is 0.836. The molecule has 2 rings (SSSR count). The molecule has 21 heavy (non-hydrogen) atoms. The first-order valence-electron chi connectivity index (χ1n) is 7.71. The van der Waals surface area contributed by atoms with Gasteiger partial charge < -0.3 is 5.32 Å². The number of rotatable bonds is 7. The Bertz CT molecular complexity index is 546. The SMILES string of the molecule is CC(C)NCCc1ccc(S(=O)(=O)N(C)C2CCCC2)s1. The van der Waals surface area contributed by atoms with Crippen LogP contribution in [0.1, 0.15) is 44.4 Å². The van der Waals surface area contributed by atoms with Gasteiger partial charge in [-0.2, -0.15) is 4.31 Å². The summed E-state index contributed by atoms with van der Waals surface area (Å²) in [5.41, 5.74) is 0.